The maximum atomic E-state index is 8.83. The summed E-state index contributed by atoms with van der Waals surface area (Å²) < 4.78 is 0. The number of nitrogens with zero attached hydrogens (tertiary/aromatic N) is 3. The van der Waals surface area contributed by atoms with Crippen molar-refractivity contribution in [2.24, 2.45) is 0 Å². The third-order valence-corrected chi connectivity index (χ3v) is 2.25. The first-order valence-corrected chi connectivity index (χ1v) is 5.66. The van der Waals surface area contributed by atoms with Crippen LogP contribution in [0.15, 0.2) is 36.5 Å². The van der Waals surface area contributed by atoms with Crippen LogP contribution in [0.4, 0.5) is 17.5 Å². The lowest BCUT2D eigenvalue weighted by Crippen LogP contribution is -2.03. The Morgan fingerprint density at radius 2 is 2.22 bits per heavy atom. The normalized spacial score (nSPS) is 9.56. The van der Waals surface area contributed by atoms with Gasteiger partial charge in [-0.15, -0.1) is 0 Å². The van der Waals surface area contributed by atoms with Crippen LogP contribution in [0.5, 0.6) is 0 Å². The molecule has 0 saturated heterocycles. The number of rotatable bonds is 4. The fraction of sp³-hybridized carbons (Fsp3) is 0.154. The highest BCUT2D eigenvalue weighted by Crippen LogP contribution is 2.16. The Labute approximate surface area is 106 Å². The van der Waals surface area contributed by atoms with E-state index in [1.165, 1.54) is 0 Å². The SMILES string of the molecule is CCNc1nccc(Nc2cccc(C#N)c2)n1. The predicted molar refractivity (Wildman–Crippen MR) is 70.6 cm³/mol. The molecule has 0 aliphatic rings. The summed E-state index contributed by atoms with van der Waals surface area (Å²) >= 11 is 0. The maximum absolute atomic E-state index is 8.83. The molecule has 1 heterocycles. The van der Waals surface area contributed by atoms with Gasteiger partial charge in [0.05, 0.1) is 11.6 Å². The molecule has 5 nitrogen and oxygen atoms in total. The largest absolute Gasteiger partial charge is 0.354 e. The van der Waals surface area contributed by atoms with Gasteiger partial charge in [-0.3, -0.25) is 0 Å². The molecule has 0 atom stereocenters. The lowest BCUT2D eigenvalue weighted by molar-refractivity contribution is 1.09. The Kier molecular flexibility index (Phi) is 3.72. The van der Waals surface area contributed by atoms with E-state index in [-0.39, 0.29) is 0 Å². The number of nitrogens with one attached hydrogen (secondary N) is 2. The number of benzene rings is 1. The molecular weight excluding hydrogens is 226 g/mol. The average molecular weight is 239 g/mol. The minimum absolute atomic E-state index is 0.582. The third-order valence-electron chi connectivity index (χ3n) is 2.25. The van der Waals surface area contributed by atoms with Crippen molar-refractivity contribution in [2.45, 2.75) is 6.92 Å². The van der Waals surface area contributed by atoms with Crippen LogP contribution < -0.4 is 10.6 Å². The van der Waals surface area contributed by atoms with E-state index in [2.05, 4.69) is 26.7 Å². The molecule has 90 valence electrons. The number of anilines is 3. The second kappa shape index (κ2) is 5.64. The van der Waals surface area contributed by atoms with Gasteiger partial charge in [-0.2, -0.15) is 10.2 Å². The molecule has 0 bridgehead atoms. The van der Waals surface area contributed by atoms with E-state index in [0.29, 0.717) is 17.3 Å². The van der Waals surface area contributed by atoms with Crippen molar-refractivity contribution < 1.29 is 0 Å². The molecule has 0 radical (unpaired) electrons. The van der Waals surface area contributed by atoms with E-state index in [9.17, 15) is 0 Å². The second-order valence-corrected chi connectivity index (χ2v) is 3.61. The smallest absolute Gasteiger partial charge is 0.224 e. The van der Waals surface area contributed by atoms with Crippen molar-refractivity contribution >= 4 is 17.5 Å². The van der Waals surface area contributed by atoms with Crippen molar-refractivity contribution in [1.82, 2.24) is 9.97 Å². The molecule has 0 aliphatic heterocycles. The first kappa shape index (κ1) is 11.9. The number of aromatic nitrogens is 2. The maximum Gasteiger partial charge on any atom is 0.224 e. The van der Waals surface area contributed by atoms with Crippen LogP contribution in [-0.4, -0.2) is 16.5 Å². The van der Waals surface area contributed by atoms with Crippen LogP contribution in [0.1, 0.15) is 12.5 Å². The number of hydrogen-bond acceptors (Lipinski definition) is 5. The molecule has 18 heavy (non-hydrogen) atoms. The van der Waals surface area contributed by atoms with Crippen LogP contribution in [0.3, 0.4) is 0 Å². The Balaban J connectivity index is 2.18. The quantitative estimate of drug-likeness (QED) is 0.857. The summed E-state index contributed by atoms with van der Waals surface area (Å²) in [5, 5.41) is 15.0. The molecule has 0 fully saturated rings. The Morgan fingerprint density at radius 1 is 1.33 bits per heavy atom. The first-order chi connectivity index (χ1) is 8.81. The van der Waals surface area contributed by atoms with Gasteiger partial charge in [0.25, 0.3) is 0 Å². The van der Waals surface area contributed by atoms with E-state index in [1.807, 2.05) is 19.1 Å². The van der Waals surface area contributed by atoms with Gasteiger partial charge in [0, 0.05) is 18.4 Å². The van der Waals surface area contributed by atoms with Gasteiger partial charge in [0.2, 0.25) is 5.95 Å². The molecule has 0 spiro atoms. The van der Waals surface area contributed by atoms with E-state index in [1.54, 1.807) is 24.4 Å². The number of nitriles is 1. The minimum atomic E-state index is 0.582. The summed E-state index contributed by atoms with van der Waals surface area (Å²) in [6.07, 6.45) is 1.68. The molecule has 2 aromatic rings. The molecule has 5 heteroatoms. The van der Waals surface area contributed by atoms with Crippen LogP contribution in [0.25, 0.3) is 0 Å². The summed E-state index contributed by atoms with van der Waals surface area (Å²) in [4.78, 5) is 8.39. The summed E-state index contributed by atoms with van der Waals surface area (Å²) in [6.45, 7) is 2.76. The molecular formula is C13H13N5. The van der Waals surface area contributed by atoms with Crippen molar-refractivity contribution in [3.8, 4) is 6.07 Å². The highest BCUT2D eigenvalue weighted by Gasteiger charge is 1.99. The fourth-order valence-corrected chi connectivity index (χ4v) is 1.49. The molecule has 2 N–H and O–H groups in total. The van der Waals surface area contributed by atoms with Crippen LogP contribution in [-0.2, 0) is 0 Å². The first-order valence-electron chi connectivity index (χ1n) is 5.66. The van der Waals surface area contributed by atoms with Crippen molar-refractivity contribution in [1.29, 1.82) is 5.26 Å². The lowest BCUT2D eigenvalue weighted by atomic mass is 10.2. The minimum Gasteiger partial charge on any atom is -0.354 e. The monoisotopic (exact) mass is 239 g/mol. The molecule has 0 saturated carbocycles. The molecule has 2 rings (SSSR count). The van der Waals surface area contributed by atoms with Gasteiger partial charge < -0.3 is 10.6 Å². The lowest BCUT2D eigenvalue weighted by Gasteiger charge is -2.07. The average Bonchev–Trinajstić information content (AvgIpc) is 2.40. The van der Waals surface area contributed by atoms with Gasteiger partial charge in [-0.05, 0) is 31.2 Å². The molecule has 1 aromatic heterocycles. The Bertz CT molecular complexity index is 574. The van der Waals surface area contributed by atoms with Crippen LogP contribution in [0, 0.1) is 11.3 Å². The highest BCUT2D eigenvalue weighted by molar-refractivity contribution is 5.58. The third kappa shape index (κ3) is 2.95. The van der Waals surface area contributed by atoms with Gasteiger partial charge in [-0.1, -0.05) is 6.07 Å². The zero-order chi connectivity index (χ0) is 12.8. The van der Waals surface area contributed by atoms with E-state index in [0.717, 1.165) is 12.2 Å². The van der Waals surface area contributed by atoms with Crippen molar-refractivity contribution in [3.63, 3.8) is 0 Å². The molecule has 1 aromatic carbocycles. The van der Waals surface area contributed by atoms with Crippen molar-refractivity contribution in [3.05, 3.63) is 42.1 Å². The zero-order valence-corrected chi connectivity index (χ0v) is 10.0. The van der Waals surface area contributed by atoms with Gasteiger partial charge in [0.15, 0.2) is 0 Å². The second-order valence-electron chi connectivity index (χ2n) is 3.61. The predicted octanol–water partition coefficient (Wildman–Crippen LogP) is 2.52. The zero-order valence-electron chi connectivity index (χ0n) is 10.0. The summed E-state index contributed by atoms with van der Waals surface area (Å²) in [7, 11) is 0. The molecule has 0 aliphatic carbocycles. The van der Waals surface area contributed by atoms with E-state index in [4.69, 9.17) is 5.26 Å². The highest BCUT2D eigenvalue weighted by atomic mass is 15.1. The standard InChI is InChI=1S/C13H13N5/c1-2-15-13-16-7-6-12(18-13)17-11-5-3-4-10(8-11)9-14/h3-8H,2H2,1H3,(H2,15,16,17,18). The van der Waals surface area contributed by atoms with Crippen LogP contribution >= 0.6 is 0 Å². The fourth-order valence-electron chi connectivity index (χ4n) is 1.49. The van der Waals surface area contributed by atoms with Gasteiger partial charge >= 0.3 is 0 Å². The van der Waals surface area contributed by atoms with Gasteiger partial charge in [0.1, 0.15) is 5.82 Å². The topological polar surface area (TPSA) is 73.6 Å². The summed E-state index contributed by atoms with van der Waals surface area (Å²) in [5.74, 6) is 1.27. The van der Waals surface area contributed by atoms with Crippen LogP contribution in [0.2, 0.25) is 0 Å². The summed E-state index contributed by atoms with van der Waals surface area (Å²) in [6, 6.07) is 11.1. The number of hydrogen-bond donors (Lipinski definition) is 2. The Morgan fingerprint density at radius 3 is 3.00 bits per heavy atom. The summed E-state index contributed by atoms with van der Waals surface area (Å²) in [5.41, 5.74) is 1.44. The van der Waals surface area contributed by atoms with E-state index >= 15 is 0 Å². The van der Waals surface area contributed by atoms with Crippen molar-refractivity contribution in [2.75, 3.05) is 17.2 Å². The molecule has 0 amide bonds. The molecule has 0 unspecified atom stereocenters. The van der Waals surface area contributed by atoms with E-state index < -0.39 is 0 Å². The Hall–Kier alpha value is -2.61. The van der Waals surface area contributed by atoms with Gasteiger partial charge in [-0.25, -0.2) is 4.98 Å².